The highest BCUT2D eigenvalue weighted by Gasteiger charge is 2.02. The number of rotatable bonds is 2. The van der Waals surface area contributed by atoms with E-state index < -0.39 is 5.97 Å². The quantitative estimate of drug-likeness (QED) is 0.715. The molecule has 0 aliphatic heterocycles. The van der Waals surface area contributed by atoms with Crippen LogP contribution in [0, 0.1) is 0 Å². The van der Waals surface area contributed by atoms with Gasteiger partial charge in [0, 0.05) is 6.54 Å². The third kappa shape index (κ3) is 2.48. The first-order valence-corrected chi connectivity index (χ1v) is 3.13. The average Bonchev–Trinajstić information content (AvgIpc) is 2.05. The van der Waals surface area contributed by atoms with E-state index in [1.54, 1.807) is 12.1 Å². The van der Waals surface area contributed by atoms with Gasteiger partial charge in [-0.25, -0.2) is 9.78 Å². The monoisotopic (exact) mass is 188 g/mol. The van der Waals surface area contributed by atoms with Gasteiger partial charge in [0.2, 0.25) is 0 Å². The summed E-state index contributed by atoms with van der Waals surface area (Å²) in [6.45, 7) is 0.265. The number of aromatic carboxylic acids is 1. The van der Waals surface area contributed by atoms with Crippen molar-refractivity contribution in [1.29, 1.82) is 0 Å². The Balaban J connectivity index is 0.00000121. The van der Waals surface area contributed by atoms with Gasteiger partial charge in [-0.15, -0.1) is 12.4 Å². The van der Waals surface area contributed by atoms with Crippen molar-refractivity contribution in [3.63, 3.8) is 0 Å². The van der Waals surface area contributed by atoms with E-state index in [4.69, 9.17) is 10.8 Å². The number of carboxylic acid groups (broad SMARTS) is 1. The van der Waals surface area contributed by atoms with Gasteiger partial charge in [-0.1, -0.05) is 6.07 Å². The van der Waals surface area contributed by atoms with Gasteiger partial charge in [0.15, 0.2) is 0 Å². The second-order valence-corrected chi connectivity index (χ2v) is 2.02. The van der Waals surface area contributed by atoms with Crippen molar-refractivity contribution in [2.75, 3.05) is 0 Å². The first-order chi connectivity index (χ1) is 5.24. The van der Waals surface area contributed by atoms with E-state index in [-0.39, 0.29) is 24.6 Å². The molecule has 5 heteroatoms. The van der Waals surface area contributed by atoms with Crippen molar-refractivity contribution in [2.45, 2.75) is 6.54 Å². The van der Waals surface area contributed by atoms with Crippen molar-refractivity contribution in [2.24, 2.45) is 5.73 Å². The molecule has 0 saturated heterocycles. The van der Waals surface area contributed by atoms with Crippen LogP contribution in [0.3, 0.4) is 0 Å². The minimum Gasteiger partial charge on any atom is -0.477 e. The Morgan fingerprint density at radius 2 is 2.25 bits per heavy atom. The highest BCUT2D eigenvalue weighted by Crippen LogP contribution is 1.97. The molecule has 0 aliphatic rings. The lowest BCUT2D eigenvalue weighted by molar-refractivity contribution is 0.0690. The number of nitrogens with two attached hydrogens (primary N) is 1. The third-order valence-electron chi connectivity index (χ3n) is 1.24. The van der Waals surface area contributed by atoms with E-state index in [1.165, 1.54) is 6.07 Å². The lowest BCUT2D eigenvalue weighted by atomic mass is 10.3. The Hall–Kier alpha value is -1.13. The summed E-state index contributed by atoms with van der Waals surface area (Å²) in [5, 5.41) is 8.50. The summed E-state index contributed by atoms with van der Waals surface area (Å²) in [6, 6.07) is 4.74. The van der Waals surface area contributed by atoms with Gasteiger partial charge in [-0.3, -0.25) is 0 Å². The molecule has 0 unspecified atom stereocenters. The number of hydrogen-bond donors (Lipinski definition) is 2. The van der Waals surface area contributed by atoms with Crippen LogP contribution in [0.5, 0.6) is 0 Å². The van der Waals surface area contributed by atoms with Gasteiger partial charge in [-0.2, -0.15) is 0 Å². The maximum atomic E-state index is 10.4. The van der Waals surface area contributed by atoms with Crippen molar-refractivity contribution in [1.82, 2.24) is 4.98 Å². The van der Waals surface area contributed by atoms with E-state index in [0.29, 0.717) is 5.69 Å². The summed E-state index contributed by atoms with van der Waals surface area (Å²) >= 11 is 0. The van der Waals surface area contributed by atoms with Gasteiger partial charge < -0.3 is 10.8 Å². The van der Waals surface area contributed by atoms with E-state index in [0.717, 1.165) is 0 Å². The fourth-order valence-corrected chi connectivity index (χ4v) is 0.712. The molecule has 0 spiro atoms. The maximum absolute atomic E-state index is 10.4. The van der Waals surface area contributed by atoms with Gasteiger partial charge in [0.05, 0.1) is 5.69 Å². The SMILES string of the molecule is Cl.NCc1cccc(C(=O)O)n1. The predicted octanol–water partition coefficient (Wildman–Crippen LogP) is 0.660. The largest absolute Gasteiger partial charge is 0.477 e. The van der Waals surface area contributed by atoms with Crippen LogP contribution in [-0.4, -0.2) is 16.1 Å². The van der Waals surface area contributed by atoms with Crippen LogP contribution in [-0.2, 0) is 6.54 Å². The van der Waals surface area contributed by atoms with Crippen LogP contribution in [0.4, 0.5) is 0 Å². The summed E-state index contributed by atoms with van der Waals surface area (Å²) in [5.74, 6) is -1.03. The fraction of sp³-hybridized carbons (Fsp3) is 0.143. The molecule has 1 rings (SSSR count). The van der Waals surface area contributed by atoms with Crippen molar-refractivity contribution >= 4 is 18.4 Å². The topological polar surface area (TPSA) is 76.2 Å². The second-order valence-electron chi connectivity index (χ2n) is 2.02. The zero-order valence-corrected chi connectivity index (χ0v) is 7.04. The van der Waals surface area contributed by atoms with E-state index in [1.807, 2.05) is 0 Å². The van der Waals surface area contributed by atoms with Crippen LogP contribution in [0.15, 0.2) is 18.2 Å². The molecule has 0 bridgehead atoms. The second kappa shape index (κ2) is 4.69. The molecule has 3 N–H and O–H groups in total. The predicted molar refractivity (Wildman–Crippen MR) is 46.3 cm³/mol. The molecule has 0 fully saturated rings. The van der Waals surface area contributed by atoms with Crippen LogP contribution in [0.1, 0.15) is 16.2 Å². The van der Waals surface area contributed by atoms with E-state index in [9.17, 15) is 4.79 Å². The molecule has 0 saturated carbocycles. The highest BCUT2D eigenvalue weighted by atomic mass is 35.5. The van der Waals surface area contributed by atoms with Crippen molar-refractivity contribution in [3.05, 3.63) is 29.6 Å². The Labute approximate surface area is 75.8 Å². The number of nitrogens with zero attached hydrogens (tertiary/aromatic N) is 1. The van der Waals surface area contributed by atoms with Crippen LogP contribution < -0.4 is 5.73 Å². The molecule has 0 aliphatic carbocycles. The molecule has 12 heavy (non-hydrogen) atoms. The Bertz CT molecular complexity index is 278. The summed E-state index contributed by atoms with van der Waals surface area (Å²) in [7, 11) is 0. The van der Waals surface area contributed by atoms with Crippen molar-refractivity contribution in [3.8, 4) is 0 Å². The zero-order chi connectivity index (χ0) is 8.27. The number of hydrogen-bond acceptors (Lipinski definition) is 3. The molecule has 1 aromatic heterocycles. The molecule has 0 radical (unpaired) electrons. The molecule has 0 amide bonds. The van der Waals surface area contributed by atoms with E-state index >= 15 is 0 Å². The smallest absolute Gasteiger partial charge is 0.354 e. The summed E-state index contributed by atoms with van der Waals surface area (Å²) in [4.78, 5) is 14.1. The van der Waals surface area contributed by atoms with Crippen LogP contribution in [0.25, 0.3) is 0 Å². The molecule has 66 valence electrons. The first-order valence-electron chi connectivity index (χ1n) is 3.13. The molecule has 1 heterocycles. The normalized spacial score (nSPS) is 8.75. The number of halogens is 1. The number of aromatic nitrogens is 1. The van der Waals surface area contributed by atoms with E-state index in [2.05, 4.69) is 4.98 Å². The average molecular weight is 189 g/mol. The lowest BCUT2D eigenvalue weighted by Gasteiger charge is -1.96. The number of carbonyl (C=O) groups is 1. The zero-order valence-electron chi connectivity index (χ0n) is 6.23. The molecular weight excluding hydrogens is 180 g/mol. The highest BCUT2D eigenvalue weighted by molar-refractivity contribution is 5.85. The fourth-order valence-electron chi connectivity index (χ4n) is 0.712. The molecule has 0 aromatic carbocycles. The maximum Gasteiger partial charge on any atom is 0.354 e. The number of carboxylic acids is 1. The molecule has 1 aromatic rings. The Kier molecular flexibility index (Phi) is 4.25. The van der Waals surface area contributed by atoms with Gasteiger partial charge in [0.1, 0.15) is 5.69 Å². The van der Waals surface area contributed by atoms with Crippen LogP contribution >= 0.6 is 12.4 Å². The third-order valence-corrected chi connectivity index (χ3v) is 1.24. The summed E-state index contributed by atoms with van der Waals surface area (Å²) < 4.78 is 0. The van der Waals surface area contributed by atoms with Gasteiger partial charge >= 0.3 is 5.97 Å². The lowest BCUT2D eigenvalue weighted by Crippen LogP contribution is -2.05. The first kappa shape index (κ1) is 10.9. The molecular formula is C7H9ClN2O2. The minimum absolute atomic E-state index is 0. The minimum atomic E-state index is -1.03. The van der Waals surface area contributed by atoms with Crippen LogP contribution in [0.2, 0.25) is 0 Å². The Morgan fingerprint density at radius 1 is 1.58 bits per heavy atom. The van der Waals surface area contributed by atoms with Gasteiger partial charge in [0.25, 0.3) is 0 Å². The van der Waals surface area contributed by atoms with Gasteiger partial charge in [-0.05, 0) is 12.1 Å². The molecule has 0 atom stereocenters. The molecule has 4 nitrogen and oxygen atoms in total. The Morgan fingerprint density at radius 3 is 2.75 bits per heavy atom. The van der Waals surface area contributed by atoms with Crippen molar-refractivity contribution < 1.29 is 9.90 Å². The number of pyridine rings is 1. The summed E-state index contributed by atoms with van der Waals surface area (Å²) in [6.07, 6.45) is 0. The standard InChI is InChI=1S/C7H8N2O2.ClH/c8-4-5-2-1-3-6(9-5)7(10)11;/h1-3H,4,8H2,(H,10,11);1H. The summed E-state index contributed by atoms with van der Waals surface area (Å²) in [5.41, 5.74) is 5.89.